The number of hydrogen-bond donors (Lipinski definition) is 2. The Kier molecular flexibility index (Phi) is 7.23. The van der Waals surface area contributed by atoms with Gasteiger partial charge in [0.15, 0.2) is 5.75 Å². The van der Waals surface area contributed by atoms with Gasteiger partial charge in [-0.15, -0.1) is 0 Å². The highest BCUT2D eigenvalue weighted by molar-refractivity contribution is 7.92. The zero-order valence-corrected chi connectivity index (χ0v) is 22.8. The minimum Gasteiger partial charge on any atom is -0.492 e. The molecule has 0 aliphatic rings. The number of ether oxygens (including phenoxy) is 1. The number of aryl methyl sites for hydroxylation is 1. The highest BCUT2D eigenvalue weighted by atomic mass is 32.2. The van der Waals surface area contributed by atoms with E-state index in [2.05, 4.69) is 25.2 Å². The number of pyridine rings is 1. The van der Waals surface area contributed by atoms with Crippen LogP contribution in [0.15, 0.2) is 59.4 Å². The van der Waals surface area contributed by atoms with Gasteiger partial charge in [-0.1, -0.05) is 32.0 Å². The number of nitrogens with one attached hydrogen (secondary N) is 2. The van der Waals surface area contributed by atoms with Crippen LogP contribution in [0.25, 0.3) is 22.8 Å². The van der Waals surface area contributed by atoms with Gasteiger partial charge in [0.1, 0.15) is 0 Å². The van der Waals surface area contributed by atoms with Gasteiger partial charge in [0, 0.05) is 23.5 Å². The molecule has 2 aromatic carbocycles. The normalized spacial score (nSPS) is 11.7. The number of hydrogen-bond acceptors (Lipinski definition) is 8. The zero-order chi connectivity index (χ0) is 27.7. The van der Waals surface area contributed by atoms with Crippen LogP contribution in [0.1, 0.15) is 42.3 Å². The minimum atomic E-state index is -3.60. The van der Waals surface area contributed by atoms with Crippen molar-refractivity contribution in [1.29, 1.82) is 0 Å². The molecule has 0 unspecified atom stereocenters. The van der Waals surface area contributed by atoms with E-state index in [0.717, 1.165) is 17.4 Å². The summed E-state index contributed by atoms with van der Waals surface area (Å²) < 4.78 is 37.4. The summed E-state index contributed by atoms with van der Waals surface area (Å²) in [7, 11) is -2.19. The molecule has 0 saturated carbocycles. The lowest BCUT2D eigenvalue weighted by Gasteiger charge is -2.24. The van der Waals surface area contributed by atoms with E-state index in [4.69, 9.17) is 9.26 Å². The van der Waals surface area contributed by atoms with Crippen LogP contribution in [-0.4, -0.2) is 42.8 Å². The highest BCUT2D eigenvalue weighted by Crippen LogP contribution is 2.39. The number of anilines is 2. The van der Waals surface area contributed by atoms with Crippen molar-refractivity contribution in [2.45, 2.75) is 33.1 Å². The second-order valence-corrected chi connectivity index (χ2v) is 11.6. The fourth-order valence-corrected chi connectivity index (χ4v) is 4.34. The molecular weight excluding hydrogens is 506 g/mol. The van der Waals surface area contributed by atoms with Gasteiger partial charge in [-0.25, -0.2) is 8.42 Å². The second kappa shape index (κ2) is 10.3. The number of benzene rings is 2. The Morgan fingerprint density at radius 1 is 1.08 bits per heavy atom. The summed E-state index contributed by atoms with van der Waals surface area (Å²) in [4.78, 5) is 21.9. The summed E-state index contributed by atoms with van der Waals surface area (Å²) >= 11 is 0. The Morgan fingerprint density at radius 3 is 2.45 bits per heavy atom. The van der Waals surface area contributed by atoms with Crippen molar-refractivity contribution in [1.82, 2.24) is 15.1 Å². The molecule has 11 heteroatoms. The average molecular weight is 536 g/mol. The molecule has 198 valence electrons. The van der Waals surface area contributed by atoms with E-state index < -0.39 is 15.9 Å². The van der Waals surface area contributed by atoms with E-state index in [0.29, 0.717) is 34.1 Å². The van der Waals surface area contributed by atoms with Crippen molar-refractivity contribution in [3.63, 3.8) is 0 Å². The van der Waals surface area contributed by atoms with Crippen LogP contribution < -0.4 is 14.8 Å². The summed E-state index contributed by atoms with van der Waals surface area (Å²) in [6.45, 7) is 7.85. The molecule has 0 aliphatic heterocycles. The molecule has 2 heterocycles. The first kappa shape index (κ1) is 26.8. The van der Waals surface area contributed by atoms with E-state index in [1.807, 2.05) is 33.8 Å². The van der Waals surface area contributed by atoms with Crippen molar-refractivity contribution in [3.8, 4) is 28.6 Å². The topological polar surface area (TPSA) is 136 Å². The van der Waals surface area contributed by atoms with Gasteiger partial charge in [-0.3, -0.25) is 14.5 Å². The molecule has 1 amide bonds. The predicted octanol–water partition coefficient (Wildman–Crippen LogP) is 5.04. The first-order valence-electron chi connectivity index (χ1n) is 11.7. The smallest absolute Gasteiger partial charge is 0.259 e. The molecule has 0 atom stereocenters. The standard InChI is InChI=1S/C27H29N5O5S/c1-16-9-10-17(12-20(16)24-30-26(37-31-24)18-8-7-11-28-15-18)25(33)29-21-13-19(27(2,3)4)14-22(23(21)36-5)32-38(6,34)35/h7-15,32H,1-6H3,(H,29,33). The largest absolute Gasteiger partial charge is 0.492 e. The third-order valence-electron chi connectivity index (χ3n) is 5.78. The molecule has 0 bridgehead atoms. The number of aromatic nitrogens is 3. The number of methoxy groups -OCH3 is 1. The van der Waals surface area contributed by atoms with Gasteiger partial charge in [0.25, 0.3) is 11.8 Å². The van der Waals surface area contributed by atoms with Crippen molar-refractivity contribution in [3.05, 3.63) is 71.5 Å². The fraction of sp³-hybridized carbons (Fsp3) is 0.259. The number of nitrogens with zero attached hydrogens (tertiary/aromatic N) is 3. The zero-order valence-electron chi connectivity index (χ0n) is 22.0. The third-order valence-corrected chi connectivity index (χ3v) is 6.37. The summed E-state index contributed by atoms with van der Waals surface area (Å²) in [5.74, 6) is 0.431. The highest BCUT2D eigenvalue weighted by Gasteiger charge is 2.23. The molecule has 38 heavy (non-hydrogen) atoms. The first-order valence-corrected chi connectivity index (χ1v) is 13.6. The van der Waals surface area contributed by atoms with Crippen LogP contribution in [0, 0.1) is 6.92 Å². The Hall–Kier alpha value is -4.25. The van der Waals surface area contributed by atoms with Crippen LogP contribution >= 0.6 is 0 Å². The first-order chi connectivity index (χ1) is 17.9. The van der Waals surface area contributed by atoms with Gasteiger partial charge in [0.05, 0.1) is 30.3 Å². The van der Waals surface area contributed by atoms with Crippen LogP contribution in [0.2, 0.25) is 0 Å². The quantitative estimate of drug-likeness (QED) is 0.336. The van der Waals surface area contributed by atoms with E-state index in [1.54, 1.807) is 48.8 Å². The molecule has 0 spiro atoms. The van der Waals surface area contributed by atoms with Gasteiger partial charge in [0.2, 0.25) is 15.8 Å². The average Bonchev–Trinajstić information content (AvgIpc) is 3.33. The van der Waals surface area contributed by atoms with Crippen LogP contribution in [0.4, 0.5) is 11.4 Å². The summed E-state index contributed by atoms with van der Waals surface area (Å²) in [6, 6.07) is 12.2. The van der Waals surface area contributed by atoms with Crippen molar-refractivity contribution in [2.75, 3.05) is 23.4 Å². The number of carbonyl (C=O) groups excluding carboxylic acids is 1. The molecule has 0 radical (unpaired) electrons. The van der Waals surface area contributed by atoms with E-state index in [1.165, 1.54) is 7.11 Å². The summed E-state index contributed by atoms with van der Waals surface area (Å²) in [5.41, 5.74) is 3.55. The molecule has 0 fully saturated rings. The maximum absolute atomic E-state index is 13.4. The number of sulfonamides is 1. The van der Waals surface area contributed by atoms with Gasteiger partial charge in [-0.05, 0) is 59.9 Å². The summed E-state index contributed by atoms with van der Waals surface area (Å²) in [5, 5.41) is 6.96. The molecule has 0 aliphatic carbocycles. The number of carbonyl (C=O) groups is 1. The fourth-order valence-electron chi connectivity index (χ4n) is 3.79. The molecule has 0 saturated heterocycles. The lowest BCUT2D eigenvalue weighted by Crippen LogP contribution is -2.18. The molecular formula is C27H29N5O5S. The molecule has 4 aromatic rings. The van der Waals surface area contributed by atoms with E-state index >= 15 is 0 Å². The van der Waals surface area contributed by atoms with Crippen molar-refractivity contribution in [2.24, 2.45) is 0 Å². The van der Waals surface area contributed by atoms with Gasteiger partial charge in [-0.2, -0.15) is 4.98 Å². The molecule has 4 rings (SSSR count). The van der Waals surface area contributed by atoms with Crippen LogP contribution in [0.5, 0.6) is 5.75 Å². The summed E-state index contributed by atoms with van der Waals surface area (Å²) in [6.07, 6.45) is 4.33. The van der Waals surface area contributed by atoms with Crippen molar-refractivity contribution >= 4 is 27.3 Å². The SMILES string of the molecule is COc1c(NC(=O)c2ccc(C)c(-c3noc(-c4cccnc4)n3)c2)cc(C(C)(C)C)cc1NS(C)(=O)=O. The lowest BCUT2D eigenvalue weighted by molar-refractivity contribution is 0.102. The monoisotopic (exact) mass is 535 g/mol. The second-order valence-electron chi connectivity index (χ2n) is 9.88. The number of rotatable bonds is 7. The van der Waals surface area contributed by atoms with Gasteiger partial charge < -0.3 is 14.6 Å². The lowest BCUT2D eigenvalue weighted by atomic mass is 9.86. The Bertz CT molecular complexity index is 1590. The Morgan fingerprint density at radius 2 is 1.82 bits per heavy atom. The maximum Gasteiger partial charge on any atom is 0.259 e. The molecule has 2 N–H and O–H groups in total. The Labute approximate surface area is 221 Å². The maximum atomic E-state index is 13.4. The Balaban J connectivity index is 1.70. The number of amides is 1. The minimum absolute atomic E-state index is 0.198. The predicted molar refractivity (Wildman–Crippen MR) is 146 cm³/mol. The van der Waals surface area contributed by atoms with E-state index in [9.17, 15) is 13.2 Å². The van der Waals surface area contributed by atoms with E-state index in [-0.39, 0.29) is 16.9 Å². The van der Waals surface area contributed by atoms with Crippen molar-refractivity contribution < 1.29 is 22.5 Å². The van der Waals surface area contributed by atoms with Crippen LogP contribution in [-0.2, 0) is 15.4 Å². The van der Waals surface area contributed by atoms with Gasteiger partial charge >= 0.3 is 0 Å². The third kappa shape index (κ3) is 6.00. The molecule has 2 aromatic heterocycles. The molecule has 10 nitrogen and oxygen atoms in total. The van der Waals surface area contributed by atoms with Crippen LogP contribution in [0.3, 0.4) is 0 Å².